The van der Waals surface area contributed by atoms with Crippen LogP contribution in [-0.2, 0) is 4.79 Å². The van der Waals surface area contributed by atoms with Crippen LogP contribution in [0.4, 0.5) is 0 Å². The van der Waals surface area contributed by atoms with Gasteiger partial charge in [0.25, 0.3) is 5.91 Å². The highest BCUT2D eigenvalue weighted by Gasteiger charge is 2.28. The predicted octanol–water partition coefficient (Wildman–Crippen LogP) is 1.40. The smallest absolute Gasteiger partial charge is 0.305 e. The molecule has 1 aromatic rings. The van der Waals surface area contributed by atoms with E-state index in [2.05, 4.69) is 5.32 Å². The van der Waals surface area contributed by atoms with Gasteiger partial charge >= 0.3 is 5.97 Å². The molecule has 0 spiro atoms. The van der Waals surface area contributed by atoms with Crippen molar-refractivity contribution < 1.29 is 19.5 Å². The molecule has 0 saturated heterocycles. The summed E-state index contributed by atoms with van der Waals surface area (Å²) in [6.07, 6.45) is -0.176. The maximum Gasteiger partial charge on any atom is 0.305 e. The van der Waals surface area contributed by atoms with Crippen molar-refractivity contribution in [1.82, 2.24) is 5.32 Å². The van der Waals surface area contributed by atoms with Crippen molar-refractivity contribution in [2.45, 2.75) is 33.2 Å². The largest absolute Gasteiger partial charge is 0.481 e. The van der Waals surface area contributed by atoms with E-state index in [1.807, 2.05) is 20.8 Å². The molecule has 6 heteroatoms. The van der Waals surface area contributed by atoms with E-state index in [9.17, 15) is 14.4 Å². The van der Waals surface area contributed by atoms with Crippen molar-refractivity contribution >= 4 is 17.8 Å². The lowest BCUT2D eigenvalue weighted by Gasteiger charge is -2.30. The summed E-state index contributed by atoms with van der Waals surface area (Å²) in [5.41, 5.74) is 5.26. The Hall–Kier alpha value is -2.37. The van der Waals surface area contributed by atoms with Crippen molar-refractivity contribution in [3.8, 4) is 0 Å². The maximum absolute atomic E-state index is 12.2. The zero-order valence-corrected chi connectivity index (χ0v) is 12.3. The predicted molar refractivity (Wildman–Crippen MR) is 77.9 cm³/mol. The number of carbonyl (C=O) groups excluding carboxylic acids is 2. The number of carbonyl (C=O) groups is 3. The Morgan fingerprint density at radius 2 is 1.81 bits per heavy atom. The van der Waals surface area contributed by atoms with E-state index < -0.39 is 29.2 Å². The molecule has 0 radical (unpaired) electrons. The summed E-state index contributed by atoms with van der Waals surface area (Å²) in [7, 11) is 0. The third-order valence-electron chi connectivity index (χ3n) is 3.14. The lowest BCUT2D eigenvalue weighted by molar-refractivity contribution is -0.138. The second-order valence-electron chi connectivity index (χ2n) is 5.93. The molecule has 0 aliphatic carbocycles. The van der Waals surface area contributed by atoms with Crippen LogP contribution in [0.3, 0.4) is 0 Å². The zero-order valence-electron chi connectivity index (χ0n) is 12.3. The van der Waals surface area contributed by atoms with Gasteiger partial charge < -0.3 is 16.2 Å². The Morgan fingerprint density at radius 3 is 2.29 bits per heavy atom. The van der Waals surface area contributed by atoms with Crippen LogP contribution in [0.25, 0.3) is 0 Å². The Bertz CT molecular complexity index is 561. The van der Waals surface area contributed by atoms with E-state index in [0.717, 1.165) is 0 Å². The van der Waals surface area contributed by atoms with Gasteiger partial charge in [-0.2, -0.15) is 0 Å². The summed E-state index contributed by atoms with van der Waals surface area (Å²) in [4.78, 5) is 34.2. The van der Waals surface area contributed by atoms with Gasteiger partial charge in [0.2, 0.25) is 5.91 Å². The molecule has 21 heavy (non-hydrogen) atoms. The maximum atomic E-state index is 12.2. The summed E-state index contributed by atoms with van der Waals surface area (Å²) in [5.74, 6) is -2.04. The van der Waals surface area contributed by atoms with Crippen molar-refractivity contribution in [3.63, 3.8) is 0 Å². The Morgan fingerprint density at radius 1 is 1.24 bits per heavy atom. The zero-order chi connectivity index (χ0) is 16.2. The van der Waals surface area contributed by atoms with Gasteiger partial charge in [-0.1, -0.05) is 26.8 Å². The Kier molecular flexibility index (Phi) is 5.07. The van der Waals surface area contributed by atoms with Gasteiger partial charge in [0.15, 0.2) is 0 Å². The molecule has 1 atom stereocenters. The van der Waals surface area contributed by atoms with E-state index in [-0.39, 0.29) is 17.5 Å². The lowest BCUT2D eigenvalue weighted by Crippen LogP contribution is -2.45. The number of primary amides is 1. The number of carboxylic acid groups (broad SMARTS) is 1. The first-order valence-corrected chi connectivity index (χ1v) is 6.54. The third kappa shape index (κ3) is 4.91. The van der Waals surface area contributed by atoms with Crippen molar-refractivity contribution in [1.29, 1.82) is 0 Å². The lowest BCUT2D eigenvalue weighted by atomic mass is 9.84. The first-order valence-electron chi connectivity index (χ1n) is 6.54. The summed E-state index contributed by atoms with van der Waals surface area (Å²) >= 11 is 0. The molecule has 1 unspecified atom stereocenters. The van der Waals surface area contributed by atoms with Crippen LogP contribution in [-0.4, -0.2) is 28.9 Å². The number of amides is 2. The molecular formula is C15H20N2O4. The van der Waals surface area contributed by atoms with Crippen LogP contribution in [0.5, 0.6) is 0 Å². The number of rotatable bonds is 5. The molecule has 0 heterocycles. The van der Waals surface area contributed by atoms with Crippen LogP contribution >= 0.6 is 0 Å². The van der Waals surface area contributed by atoms with Crippen LogP contribution in [0.1, 0.15) is 47.9 Å². The Balaban J connectivity index is 2.94. The number of carboxylic acids is 1. The standard InChI is InChI=1S/C15H20N2O4/c1-15(2,3)11(8-12(18)19)17-14(21)10-6-4-5-9(7-10)13(16)20/h4-7,11H,8H2,1-3H3,(H2,16,20)(H,17,21)(H,18,19). The average molecular weight is 292 g/mol. The van der Waals surface area contributed by atoms with Crippen molar-refractivity contribution in [2.75, 3.05) is 0 Å². The molecule has 2 amide bonds. The summed E-state index contributed by atoms with van der Waals surface area (Å²) in [6, 6.07) is 5.47. The summed E-state index contributed by atoms with van der Waals surface area (Å²) < 4.78 is 0. The van der Waals surface area contributed by atoms with Gasteiger partial charge in [0, 0.05) is 17.2 Å². The fourth-order valence-electron chi connectivity index (χ4n) is 1.80. The number of nitrogens with two attached hydrogens (primary N) is 1. The highest BCUT2D eigenvalue weighted by atomic mass is 16.4. The van der Waals surface area contributed by atoms with Crippen LogP contribution < -0.4 is 11.1 Å². The van der Waals surface area contributed by atoms with Gasteiger partial charge in [0.1, 0.15) is 0 Å². The van der Waals surface area contributed by atoms with Gasteiger partial charge in [-0.3, -0.25) is 14.4 Å². The molecule has 114 valence electrons. The number of hydrogen-bond acceptors (Lipinski definition) is 3. The minimum Gasteiger partial charge on any atom is -0.481 e. The van der Waals surface area contributed by atoms with E-state index in [4.69, 9.17) is 10.8 Å². The van der Waals surface area contributed by atoms with E-state index in [1.165, 1.54) is 12.1 Å². The normalized spacial score (nSPS) is 12.5. The molecule has 0 aromatic heterocycles. The van der Waals surface area contributed by atoms with Gasteiger partial charge in [-0.25, -0.2) is 0 Å². The van der Waals surface area contributed by atoms with Crippen molar-refractivity contribution in [2.24, 2.45) is 11.1 Å². The molecule has 0 bridgehead atoms. The minimum absolute atomic E-state index is 0.176. The topological polar surface area (TPSA) is 109 Å². The monoisotopic (exact) mass is 292 g/mol. The first-order chi connectivity index (χ1) is 9.61. The Labute approximate surface area is 123 Å². The highest BCUT2D eigenvalue weighted by molar-refractivity contribution is 5.99. The highest BCUT2D eigenvalue weighted by Crippen LogP contribution is 2.22. The molecule has 0 aliphatic rings. The van der Waals surface area contributed by atoms with E-state index in [1.54, 1.807) is 12.1 Å². The number of hydrogen-bond donors (Lipinski definition) is 3. The second-order valence-corrected chi connectivity index (χ2v) is 5.93. The average Bonchev–Trinajstić information content (AvgIpc) is 2.36. The third-order valence-corrected chi connectivity index (χ3v) is 3.14. The van der Waals surface area contributed by atoms with Gasteiger partial charge in [-0.15, -0.1) is 0 Å². The first kappa shape index (κ1) is 16.7. The number of benzene rings is 1. The fourth-order valence-corrected chi connectivity index (χ4v) is 1.80. The molecular weight excluding hydrogens is 272 g/mol. The molecule has 0 fully saturated rings. The molecule has 0 aliphatic heterocycles. The molecule has 0 saturated carbocycles. The molecule has 1 rings (SSSR count). The number of nitrogens with one attached hydrogen (secondary N) is 1. The summed E-state index contributed by atoms with van der Waals surface area (Å²) in [6.45, 7) is 5.54. The van der Waals surface area contributed by atoms with Gasteiger partial charge in [0.05, 0.1) is 6.42 Å². The molecule has 1 aromatic carbocycles. The second kappa shape index (κ2) is 6.39. The van der Waals surface area contributed by atoms with E-state index >= 15 is 0 Å². The quantitative estimate of drug-likeness (QED) is 0.762. The fraction of sp³-hybridized carbons (Fsp3) is 0.400. The van der Waals surface area contributed by atoms with Crippen molar-refractivity contribution in [3.05, 3.63) is 35.4 Å². The minimum atomic E-state index is -0.985. The van der Waals surface area contributed by atoms with E-state index in [0.29, 0.717) is 0 Å². The van der Waals surface area contributed by atoms with Crippen LogP contribution in [0, 0.1) is 5.41 Å². The van der Waals surface area contributed by atoms with Gasteiger partial charge in [-0.05, 0) is 23.6 Å². The molecule has 6 nitrogen and oxygen atoms in total. The molecule has 4 N–H and O–H groups in total. The van der Waals surface area contributed by atoms with Crippen LogP contribution in [0.2, 0.25) is 0 Å². The number of aliphatic carboxylic acids is 1. The SMILES string of the molecule is CC(C)(C)C(CC(=O)O)NC(=O)c1cccc(C(N)=O)c1. The summed E-state index contributed by atoms with van der Waals surface area (Å²) in [5, 5.41) is 11.6. The van der Waals surface area contributed by atoms with Crippen LogP contribution in [0.15, 0.2) is 24.3 Å².